The molecule has 1 atom stereocenters. The highest BCUT2D eigenvalue weighted by Gasteiger charge is 2.33. The van der Waals surface area contributed by atoms with Gasteiger partial charge in [-0.25, -0.2) is 13.6 Å². The van der Waals surface area contributed by atoms with Crippen LogP contribution in [0.2, 0.25) is 0 Å². The summed E-state index contributed by atoms with van der Waals surface area (Å²) in [6.45, 7) is 2.33. The zero-order chi connectivity index (χ0) is 13.3. The molecule has 0 aromatic carbocycles. The van der Waals surface area contributed by atoms with Crippen LogP contribution in [0.1, 0.15) is 19.0 Å². The van der Waals surface area contributed by atoms with E-state index in [2.05, 4.69) is 10.2 Å². The summed E-state index contributed by atoms with van der Waals surface area (Å²) in [5.74, 6) is 0.0150. The van der Waals surface area contributed by atoms with Gasteiger partial charge in [0.25, 0.3) is 0 Å². The van der Waals surface area contributed by atoms with Gasteiger partial charge in [-0.1, -0.05) is 6.92 Å². The molecule has 7 nitrogen and oxygen atoms in total. The lowest BCUT2D eigenvalue weighted by Crippen LogP contribution is -2.27. The number of H-pyrrole nitrogens is 1. The fraction of sp³-hybridized carbons (Fsp3) is 0.600. The Labute approximate surface area is 105 Å². The number of hydrogen-bond acceptors (Lipinski definition) is 4. The molecule has 0 saturated carbocycles. The fourth-order valence-electron chi connectivity index (χ4n) is 2.11. The van der Waals surface area contributed by atoms with E-state index in [0.29, 0.717) is 12.4 Å². The van der Waals surface area contributed by atoms with Crippen molar-refractivity contribution in [2.24, 2.45) is 11.1 Å². The van der Waals surface area contributed by atoms with Crippen LogP contribution in [-0.4, -0.2) is 36.8 Å². The molecular weight excluding hydrogens is 256 g/mol. The van der Waals surface area contributed by atoms with Crippen LogP contribution in [0.25, 0.3) is 0 Å². The predicted molar refractivity (Wildman–Crippen MR) is 66.4 cm³/mol. The van der Waals surface area contributed by atoms with Gasteiger partial charge in [-0.15, -0.1) is 0 Å². The Hall–Kier alpha value is -1.41. The molecule has 3 N–H and O–H groups in total. The van der Waals surface area contributed by atoms with E-state index in [0.717, 1.165) is 12.1 Å². The van der Waals surface area contributed by atoms with Crippen molar-refractivity contribution in [1.29, 1.82) is 0 Å². The molecule has 0 spiro atoms. The van der Waals surface area contributed by atoms with Crippen LogP contribution in [0.3, 0.4) is 0 Å². The maximum atomic E-state index is 11.8. The third kappa shape index (κ3) is 2.88. The van der Waals surface area contributed by atoms with Crippen molar-refractivity contribution in [3.05, 3.63) is 11.8 Å². The number of aryl methyl sites for hydroxylation is 1. The monoisotopic (exact) mass is 272 g/mol. The number of primary sulfonamides is 1. The van der Waals surface area contributed by atoms with Gasteiger partial charge >= 0.3 is 0 Å². The van der Waals surface area contributed by atoms with E-state index in [1.807, 2.05) is 6.92 Å². The number of nitrogens with two attached hydrogens (primary N) is 1. The Morgan fingerprint density at radius 2 is 2.33 bits per heavy atom. The second-order valence-corrected chi connectivity index (χ2v) is 6.17. The van der Waals surface area contributed by atoms with Crippen LogP contribution in [0.15, 0.2) is 6.07 Å². The summed E-state index contributed by atoms with van der Waals surface area (Å²) >= 11 is 0. The summed E-state index contributed by atoms with van der Waals surface area (Å²) in [6, 6.07) is 1.80. The number of amides is 1. The van der Waals surface area contributed by atoms with E-state index < -0.39 is 10.0 Å². The molecule has 1 aromatic rings. The highest BCUT2D eigenvalue weighted by Crippen LogP contribution is 2.24. The number of aromatic amines is 1. The van der Waals surface area contributed by atoms with Crippen LogP contribution in [0.4, 0.5) is 5.82 Å². The maximum Gasteiger partial charge on any atom is 0.228 e. The van der Waals surface area contributed by atoms with Gasteiger partial charge in [-0.3, -0.25) is 14.8 Å². The van der Waals surface area contributed by atoms with Crippen molar-refractivity contribution in [3.63, 3.8) is 0 Å². The molecule has 1 aliphatic heterocycles. The molecule has 2 heterocycles. The van der Waals surface area contributed by atoms with Crippen molar-refractivity contribution in [2.45, 2.75) is 19.8 Å². The normalized spacial score (nSPS) is 20.7. The van der Waals surface area contributed by atoms with Crippen molar-refractivity contribution in [1.82, 2.24) is 10.2 Å². The van der Waals surface area contributed by atoms with Gasteiger partial charge in [0.1, 0.15) is 0 Å². The minimum Gasteiger partial charge on any atom is -0.295 e. The van der Waals surface area contributed by atoms with E-state index in [1.165, 1.54) is 4.90 Å². The fourth-order valence-corrected chi connectivity index (χ4v) is 2.99. The van der Waals surface area contributed by atoms with E-state index in [1.54, 1.807) is 6.07 Å². The van der Waals surface area contributed by atoms with E-state index in [-0.39, 0.29) is 24.0 Å². The summed E-state index contributed by atoms with van der Waals surface area (Å²) in [7, 11) is -3.54. The van der Waals surface area contributed by atoms with Crippen LogP contribution in [-0.2, 0) is 21.2 Å². The lowest BCUT2D eigenvalue weighted by Gasteiger charge is -2.12. The topological polar surface area (TPSA) is 109 Å². The van der Waals surface area contributed by atoms with Gasteiger partial charge in [0.2, 0.25) is 15.9 Å². The smallest absolute Gasteiger partial charge is 0.228 e. The predicted octanol–water partition coefficient (Wildman–Crippen LogP) is -0.386. The van der Waals surface area contributed by atoms with E-state index in [9.17, 15) is 13.2 Å². The number of sulfonamides is 1. The lowest BCUT2D eigenvalue weighted by atomic mass is 10.1. The SMILES string of the molecule is CCc1cc(N2CC(CS(N)(=O)=O)CC2=O)n[nH]1. The Bertz CT molecular complexity index is 551. The van der Waals surface area contributed by atoms with Crippen LogP contribution >= 0.6 is 0 Å². The summed E-state index contributed by atoms with van der Waals surface area (Å²) in [5.41, 5.74) is 0.938. The maximum absolute atomic E-state index is 11.8. The van der Waals surface area contributed by atoms with Gasteiger partial charge < -0.3 is 0 Å². The Morgan fingerprint density at radius 1 is 1.61 bits per heavy atom. The Morgan fingerprint density at radius 3 is 2.89 bits per heavy atom. The standard InChI is InChI=1S/C10H16N4O3S/c1-2-8-4-9(13-12-8)14-5-7(3-10(14)15)6-18(11,16)17/h4,7H,2-3,5-6H2,1H3,(H,12,13)(H2,11,16,17). The lowest BCUT2D eigenvalue weighted by molar-refractivity contribution is -0.117. The first kappa shape index (κ1) is 13.0. The van der Waals surface area contributed by atoms with Crippen molar-refractivity contribution >= 4 is 21.7 Å². The third-order valence-electron chi connectivity index (χ3n) is 2.95. The first-order valence-corrected chi connectivity index (χ1v) is 7.45. The number of hydrogen-bond donors (Lipinski definition) is 2. The van der Waals surface area contributed by atoms with E-state index >= 15 is 0 Å². The third-order valence-corrected chi connectivity index (χ3v) is 3.88. The second-order valence-electron chi connectivity index (χ2n) is 4.51. The number of nitrogens with one attached hydrogen (secondary N) is 1. The van der Waals surface area contributed by atoms with E-state index in [4.69, 9.17) is 5.14 Å². The average molecular weight is 272 g/mol. The van der Waals surface area contributed by atoms with Crippen molar-refractivity contribution < 1.29 is 13.2 Å². The average Bonchev–Trinajstić information content (AvgIpc) is 2.82. The summed E-state index contributed by atoms with van der Waals surface area (Å²) < 4.78 is 22.0. The minimum atomic E-state index is -3.54. The number of aromatic nitrogens is 2. The Kier molecular flexibility index (Phi) is 3.40. The van der Waals surface area contributed by atoms with Crippen LogP contribution in [0, 0.1) is 5.92 Å². The summed E-state index contributed by atoms with van der Waals surface area (Å²) in [5, 5.41) is 11.9. The van der Waals surface area contributed by atoms with Gasteiger partial charge in [0.05, 0.1) is 5.75 Å². The van der Waals surface area contributed by atoms with Gasteiger partial charge in [0, 0.05) is 30.6 Å². The van der Waals surface area contributed by atoms with Crippen molar-refractivity contribution in [3.8, 4) is 0 Å². The molecule has 1 aliphatic rings. The highest BCUT2D eigenvalue weighted by atomic mass is 32.2. The number of rotatable bonds is 4. The van der Waals surface area contributed by atoms with Gasteiger partial charge in [-0.05, 0) is 6.42 Å². The van der Waals surface area contributed by atoms with Crippen LogP contribution in [0.5, 0.6) is 0 Å². The zero-order valence-electron chi connectivity index (χ0n) is 10.1. The molecular formula is C10H16N4O3S. The second kappa shape index (κ2) is 4.69. The molecule has 18 heavy (non-hydrogen) atoms. The number of nitrogens with zero attached hydrogens (tertiary/aromatic N) is 2. The molecule has 0 bridgehead atoms. The molecule has 1 aromatic heterocycles. The van der Waals surface area contributed by atoms with Gasteiger partial charge in [0.15, 0.2) is 5.82 Å². The highest BCUT2D eigenvalue weighted by molar-refractivity contribution is 7.89. The number of carbonyl (C=O) groups excluding carboxylic acids is 1. The minimum absolute atomic E-state index is 0.113. The quantitative estimate of drug-likeness (QED) is 0.778. The van der Waals surface area contributed by atoms with Crippen LogP contribution < -0.4 is 10.0 Å². The van der Waals surface area contributed by atoms with Crippen molar-refractivity contribution in [2.75, 3.05) is 17.2 Å². The molecule has 2 rings (SSSR count). The molecule has 1 fully saturated rings. The first-order valence-electron chi connectivity index (χ1n) is 5.74. The van der Waals surface area contributed by atoms with Gasteiger partial charge in [-0.2, -0.15) is 5.10 Å². The first-order chi connectivity index (χ1) is 8.39. The summed E-state index contributed by atoms with van der Waals surface area (Å²) in [4.78, 5) is 13.3. The Balaban J connectivity index is 2.09. The molecule has 1 amide bonds. The zero-order valence-corrected chi connectivity index (χ0v) is 10.9. The summed E-state index contributed by atoms with van der Waals surface area (Å²) in [6.07, 6.45) is 1.00. The molecule has 0 aliphatic carbocycles. The largest absolute Gasteiger partial charge is 0.295 e. The molecule has 100 valence electrons. The molecule has 1 saturated heterocycles. The number of carbonyl (C=O) groups is 1. The number of anilines is 1. The molecule has 1 unspecified atom stereocenters. The molecule has 8 heteroatoms. The molecule has 0 radical (unpaired) electrons.